The first kappa shape index (κ1) is 27.5. The van der Waals surface area contributed by atoms with Gasteiger partial charge >= 0.3 is 0 Å². The van der Waals surface area contributed by atoms with Crippen LogP contribution in [0.25, 0.3) is 11.0 Å². The van der Waals surface area contributed by atoms with E-state index >= 15 is 0 Å². The van der Waals surface area contributed by atoms with Gasteiger partial charge in [-0.1, -0.05) is 26.8 Å². The van der Waals surface area contributed by atoms with Crippen molar-refractivity contribution < 1.29 is 4.79 Å². The molecule has 3 N–H and O–H groups in total. The number of rotatable bonds is 10. The van der Waals surface area contributed by atoms with Crippen molar-refractivity contribution in [3.05, 3.63) is 51.8 Å². The quantitative estimate of drug-likeness (QED) is 0.222. The second-order valence-electron chi connectivity index (χ2n) is 10.9. The summed E-state index contributed by atoms with van der Waals surface area (Å²) in [5, 5.41) is 15.2. The van der Waals surface area contributed by atoms with Crippen LogP contribution < -0.4 is 16.0 Å². The average Bonchev–Trinajstić information content (AvgIpc) is 3.47. The number of fused-ring (bicyclic) bond motifs is 1. The lowest BCUT2D eigenvalue weighted by atomic mass is 9.95. The number of carbonyl (C=O) groups is 1. The van der Waals surface area contributed by atoms with E-state index in [0.717, 1.165) is 48.2 Å². The van der Waals surface area contributed by atoms with E-state index in [-0.39, 0.29) is 11.3 Å². The first-order chi connectivity index (χ1) is 18.0. The van der Waals surface area contributed by atoms with Crippen LogP contribution in [-0.4, -0.2) is 57.7 Å². The Hall–Kier alpha value is -3.50. The number of carbonyl (C=O) groups excluding carboxylic acids is 1. The monoisotopic (exact) mass is 534 g/mol. The Bertz CT molecular complexity index is 1420. The summed E-state index contributed by atoms with van der Waals surface area (Å²) in [4.78, 5) is 26.1. The summed E-state index contributed by atoms with van der Waals surface area (Å²) in [7, 11) is 6.04. The molecule has 0 radical (unpaired) electrons. The first-order valence-electron chi connectivity index (χ1n) is 12.9. The summed E-state index contributed by atoms with van der Waals surface area (Å²) in [6, 6.07) is 9.74. The summed E-state index contributed by atoms with van der Waals surface area (Å²) in [6.07, 6.45) is 3.96. The highest BCUT2D eigenvalue weighted by molar-refractivity contribution is 7.14. The molecule has 0 fully saturated rings. The lowest BCUT2D eigenvalue weighted by Crippen LogP contribution is -2.14. The highest BCUT2D eigenvalue weighted by Gasteiger charge is 2.19. The van der Waals surface area contributed by atoms with E-state index in [9.17, 15) is 4.79 Å². The van der Waals surface area contributed by atoms with Crippen molar-refractivity contribution in [1.29, 1.82) is 0 Å². The highest BCUT2D eigenvalue weighted by Crippen LogP contribution is 2.31. The number of hydrogen-bond donors (Lipinski definition) is 3. The molecule has 0 spiro atoms. The second-order valence-corrected chi connectivity index (χ2v) is 11.9. The number of aromatic nitrogens is 4. The Morgan fingerprint density at radius 3 is 2.63 bits per heavy atom. The molecule has 0 aliphatic heterocycles. The average molecular weight is 535 g/mol. The fourth-order valence-corrected chi connectivity index (χ4v) is 4.95. The van der Waals surface area contributed by atoms with Crippen LogP contribution in [0.15, 0.2) is 36.5 Å². The highest BCUT2D eigenvalue weighted by atomic mass is 32.1. The summed E-state index contributed by atoms with van der Waals surface area (Å²) in [5.41, 5.74) is 3.36. The molecule has 0 atom stereocenters. The van der Waals surface area contributed by atoms with Crippen LogP contribution in [0, 0.1) is 6.92 Å². The first-order valence-corrected chi connectivity index (χ1v) is 13.7. The van der Waals surface area contributed by atoms with E-state index in [1.54, 1.807) is 10.9 Å². The van der Waals surface area contributed by atoms with Crippen LogP contribution in [-0.2, 0) is 12.5 Å². The van der Waals surface area contributed by atoms with Crippen LogP contribution in [0.5, 0.6) is 0 Å². The SMILES string of the molecule is Cc1ccc(NC(=O)c2ccc(C(C)(C)C)s2)cc1Nc1nn(C)c2nc(NCCCCN(C)C)ncc12. The van der Waals surface area contributed by atoms with Crippen molar-refractivity contribution in [3.63, 3.8) is 0 Å². The second kappa shape index (κ2) is 11.5. The smallest absolute Gasteiger partial charge is 0.265 e. The van der Waals surface area contributed by atoms with Gasteiger partial charge in [0.15, 0.2) is 11.5 Å². The molecule has 38 heavy (non-hydrogen) atoms. The van der Waals surface area contributed by atoms with Gasteiger partial charge in [-0.25, -0.2) is 9.67 Å². The topological polar surface area (TPSA) is 100 Å². The predicted octanol–water partition coefficient (Wildman–Crippen LogP) is 5.78. The van der Waals surface area contributed by atoms with Crippen molar-refractivity contribution in [2.24, 2.45) is 7.05 Å². The van der Waals surface area contributed by atoms with Gasteiger partial charge in [-0.2, -0.15) is 10.1 Å². The molecular weight excluding hydrogens is 496 g/mol. The number of benzene rings is 1. The van der Waals surface area contributed by atoms with E-state index in [4.69, 9.17) is 0 Å². The van der Waals surface area contributed by atoms with Crippen molar-refractivity contribution in [2.45, 2.75) is 46.0 Å². The van der Waals surface area contributed by atoms with E-state index in [1.807, 2.05) is 44.3 Å². The third kappa shape index (κ3) is 6.68. The molecule has 3 aromatic heterocycles. The number of aryl methyl sites for hydroxylation is 2. The Balaban J connectivity index is 1.46. The largest absolute Gasteiger partial charge is 0.354 e. The molecule has 0 aliphatic carbocycles. The standard InChI is InChI=1S/C28H38N8OS/c1-18-10-11-19(31-26(37)22-12-13-23(38-22)28(2,3)4)16-21(18)32-24-20-17-30-27(33-25(20)36(7)34-24)29-14-8-9-15-35(5)6/h10-13,16-17H,8-9,14-15H2,1-7H3,(H,31,37)(H,32,34)(H,29,30,33). The fourth-order valence-electron chi connectivity index (χ4n) is 3.99. The fraction of sp³-hybridized carbons (Fsp3) is 0.429. The molecule has 1 amide bonds. The summed E-state index contributed by atoms with van der Waals surface area (Å²) in [5.74, 6) is 1.15. The van der Waals surface area contributed by atoms with Crippen molar-refractivity contribution in [3.8, 4) is 0 Å². The summed E-state index contributed by atoms with van der Waals surface area (Å²) in [6.45, 7) is 10.3. The predicted molar refractivity (Wildman–Crippen MR) is 158 cm³/mol. The normalized spacial score (nSPS) is 11.8. The number of unbranched alkanes of at least 4 members (excludes halogenated alkanes) is 1. The zero-order valence-electron chi connectivity index (χ0n) is 23.3. The number of hydrogen-bond acceptors (Lipinski definition) is 8. The van der Waals surface area contributed by atoms with Gasteiger partial charge in [-0.05, 0) is 75.6 Å². The lowest BCUT2D eigenvalue weighted by Gasteiger charge is -2.15. The number of nitrogens with one attached hydrogen (secondary N) is 3. The number of amides is 1. The van der Waals surface area contributed by atoms with Gasteiger partial charge in [-0.15, -0.1) is 11.3 Å². The Morgan fingerprint density at radius 1 is 1.13 bits per heavy atom. The molecule has 0 aliphatic rings. The van der Waals surface area contributed by atoms with Crippen LogP contribution >= 0.6 is 11.3 Å². The Labute approximate surface area is 228 Å². The number of thiophene rings is 1. The maximum absolute atomic E-state index is 12.9. The lowest BCUT2D eigenvalue weighted by molar-refractivity contribution is 0.103. The van der Waals surface area contributed by atoms with Gasteiger partial charge in [0.1, 0.15) is 0 Å². The Kier molecular flexibility index (Phi) is 8.32. The molecule has 10 heteroatoms. The molecule has 3 heterocycles. The Morgan fingerprint density at radius 2 is 1.92 bits per heavy atom. The number of anilines is 4. The van der Waals surface area contributed by atoms with Crippen LogP contribution in [0.2, 0.25) is 0 Å². The third-order valence-corrected chi connectivity index (χ3v) is 7.72. The molecule has 0 saturated carbocycles. The summed E-state index contributed by atoms with van der Waals surface area (Å²) >= 11 is 1.53. The van der Waals surface area contributed by atoms with Crippen LogP contribution in [0.3, 0.4) is 0 Å². The maximum Gasteiger partial charge on any atom is 0.265 e. The molecule has 0 unspecified atom stereocenters. The zero-order chi connectivity index (χ0) is 27.4. The van der Waals surface area contributed by atoms with Crippen LogP contribution in [0.4, 0.5) is 23.1 Å². The minimum atomic E-state index is -0.112. The molecule has 4 aromatic rings. The van der Waals surface area contributed by atoms with Crippen LogP contribution in [0.1, 0.15) is 53.7 Å². The number of nitrogens with zero attached hydrogens (tertiary/aromatic N) is 5. The van der Waals surface area contributed by atoms with Gasteiger partial charge in [0.05, 0.1) is 10.3 Å². The van der Waals surface area contributed by atoms with Gasteiger partial charge < -0.3 is 20.9 Å². The molecule has 0 saturated heterocycles. The summed E-state index contributed by atoms with van der Waals surface area (Å²) < 4.78 is 1.75. The maximum atomic E-state index is 12.9. The van der Waals surface area contributed by atoms with Crippen molar-refractivity contribution >= 4 is 51.4 Å². The minimum Gasteiger partial charge on any atom is -0.354 e. The molecule has 202 valence electrons. The van der Waals surface area contributed by atoms with Gasteiger partial charge in [0.2, 0.25) is 5.95 Å². The molecule has 0 bridgehead atoms. The minimum absolute atomic E-state index is 0.0159. The van der Waals surface area contributed by atoms with E-state index in [2.05, 4.69) is 70.8 Å². The van der Waals surface area contributed by atoms with E-state index in [0.29, 0.717) is 22.3 Å². The van der Waals surface area contributed by atoms with E-state index in [1.165, 1.54) is 16.2 Å². The van der Waals surface area contributed by atoms with Gasteiger partial charge in [0, 0.05) is 36.0 Å². The van der Waals surface area contributed by atoms with Gasteiger partial charge in [0.25, 0.3) is 5.91 Å². The molecular formula is C28H38N8OS. The van der Waals surface area contributed by atoms with Crippen molar-refractivity contribution in [1.82, 2.24) is 24.6 Å². The third-order valence-electron chi connectivity index (χ3n) is 6.21. The molecule has 1 aromatic carbocycles. The van der Waals surface area contributed by atoms with Crippen molar-refractivity contribution in [2.75, 3.05) is 43.1 Å². The molecule has 4 rings (SSSR count). The van der Waals surface area contributed by atoms with Gasteiger partial charge in [-0.3, -0.25) is 4.79 Å². The van der Waals surface area contributed by atoms with E-state index < -0.39 is 0 Å². The zero-order valence-corrected chi connectivity index (χ0v) is 24.2. The molecule has 9 nitrogen and oxygen atoms in total.